The van der Waals surface area contributed by atoms with E-state index < -0.39 is 0 Å². The molecular weight excluding hydrogens is 238 g/mol. The molecule has 19 heavy (non-hydrogen) atoms. The summed E-state index contributed by atoms with van der Waals surface area (Å²) in [7, 11) is 3.85. The number of carbonyl (C=O) groups is 1. The second-order valence-corrected chi connectivity index (χ2v) is 5.39. The number of anilines is 1. The first kappa shape index (κ1) is 14.0. The minimum atomic E-state index is 0.178. The Kier molecular flexibility index (Phi) is 4.56. The van der Waals surface area contributed by atoms with Crippen LogP contribution in [0, 0.1) is 0 Å². The van der Waals surface area contributed by atoms with E-state index in [4.69, 9.17) is 5.73 Å². The summed E-state index contributed by atoms with van der Waals surface area (Å²) in [6.45, 7) is 1.96. The molecule has 0 fully saturated rings. The lowest BCUT2D eigenvalue weighted by Crippen LogP contribution is -2.40. The Labute approximate surface area is 115 Å². The number of aryl methyl sites for hydroxylation is 1. The molecule has 0 aliphatic carbocycles. The Morgan fingerprint density at radius 1 is 1.42 bits per heavy atom. The Morgan fingerprint density at radius 2 is 2.21 bits per heavy atom. The Morgan fingerprint density at radius 3 is 2.89 bits per heavy atom. The number of fused-ring (bicyclic) bond motifs is 1. The Bertz CT molecular complexity index is 457. The van der Waals surface area contributed by atoms with Gasteiger partial charge in [-0.3, -0.25) is 4.79 Å². The quantitative estimate of drug-likeness (QED) is 0.880. The van der Waals surface area contributed by atoms with Gasteiger partial charge < -0.3 is 15.5 Å². The van der Waals surface area contributed by atoms with Crippen LogP contribution in [0.3, 0.4) is 0 Å². The number of rotatable bonds is 4. The highest BCUT2D eigenvalue weighted by atomic mass is 16.2. The van der Waals surface area contributed by atoms with Crippen LogP contribution in [0.4, 0.5) is 5.69 Å². The van der Waals surface area contributed by atoms with Crippen molar-refractivity contribution in [1.29, 1.82) is 0 Å². The van der Waals surface area contributed by atoms with Gasteiger partial charge in [0.05, 0.1) is 6.54 Å². The van der Waals surface area contributed by atoms with Crippen LogP contribution in [0.2, 0.25) is 0 Å². The lowest BCUT2D eigenvalue weighted by molar-refractivity contribution is -0.119. The van der Waals surface area contributed by atoms with E-state index >= 15 is 0 Å². The summed E-state index contributed by atoms with van der Waals surface area (Å²) in [6.07, 6.45) is 3.00. The second-order valence-electron chi connectivity index (χ2n) is 5.39. The lowest BCUT2D eigenvalue weighted by atomic mass is 9.98. The first-order valence-electron chi connectivity index (χ1n) is 6.89. The molecule has 4 nitrogen and oxygen atoms in total. The first-order chi connectivity index (χ1) is 9.11. The number of hydrogen-bond donors (Lipinski definition) is 1. The molecule has 1 heterocycles. The van der Waals surface area contributed by atoms with Crippen LogP contribution in [-0.2, 0) is 17.6 Å². The molecule has 1 aromatic carbocycles. The van der Waals surface area contributed by atoms with E-state index in [1.54, 1.807) is 0 Å². The van der Waals surface area contributed by atoms with Gasteiger partial charge in [-0.2, -0.15) is 0 Å². The van der Waals surface area contributed by atoms with E-state index in [0.29, 0.717) is 13.1 Å². The molecule has 0 saturated carbocycles. The molecule has 1 amide bonds. The number of likely N-dealkylation sites (N-methyl/N-ethyl adjacent to an activating group) is 1. The highest BCUT2D eigenvalue weighted by Crippen LogP contribution is 2.28. The maximum atomic E-state index is 12.2. The number of benzene rings is 1. The zero-order chi connectivity index (χ0) is 13.8. The molecule has 0 spiro atoms. The normalized spacial score (nSPS) is 14.6. The van der Waals surface area contributed by atoms with Crippen LogP contribution in [0.25, 0.3) is 0 Å². The number of nitrogens with two attached hydrogens (primary N) is 1. The first-order valence-corrected chi connectivity index (χ1v) is 6.89. The van der Waals surface area contributed by atoms with Gasteiger partial charge in [-0.25, -0.2) is 0 Å². The van der Waals surface area contributed by atoms with Crippen molar-refractivity contribution in [2.24, 2.45) is 5.73 Å². The van der Waals surface area contributed by atoms with Gasteiger partial charge in [-0.05, 0) is 57.1 Å². The molecule has 0 unspecified atom stereocenters. The van der Waals surface area contributed by atoms with Crippen molar-refractivity contribution in [3.05, 3.63) is 29.3 Å². The van der Waals surface area contributed by atoms with Gasteiger partial charge in [0, 0.05) is 12.2 Å². The minimum Gasteiger partial charge on any atom is -0.330 e. The molecule has 0 atom stereocenters. The summed E-state index contributed by atoms with van der Waals surface area (Å²) in [5, 5.41) is 0. The second kappa shape index (κ2) is 6.17. The molecule has 1 aromatic rings. The molecule has 0 saturated heterocycles. The van der Waals surface area contributed by atoms with Gasteiger partial charge in [-0.1, -0.05) is 12.1 Å². The SMILES string of the molecule is CN(C)CC(=O)N1CCCc2cc(CCN)ccc21. The predicted molar refractivity (Wildman–Crippen MR) is 78.4 cm³/mol. The number of hydrogen-bond acceptors (Lipinski definition) is 3. The Balaban J connectivity index is 2.22. The number of amides is 1. The monoisotopic (exact) mass is 261 g/mol. The van der Waals surface area contributed by atoms with Gasteiger partial charge in [0.25, 0.3) is 0 Å². The molecule has 1 aliphatic heterocycles. The van der Waals surface area contributed by atoms with E-state index in [9.17, 15) is 4.79 Å². The van der Waals surface area contributed by atoms with E-state index in [1.165, 1.54) is 11.1 Å². The highest BCUT2D eigenvalue weighted by Gasteiger charge is 2.22. The topological polar surface area (TPSA) is 49.6 Å². The maximum absolute atomic E-state index is 12.2. The number of carbonyl (C=O) groups excluding carboxylic acids is 1. The largest absolute Gasteiger partial charge is 0.330 e. The summed E-state index contributed by atoms with van der Waals surface area (Å²) in [4.78, 5) is 16.1. The van der Waals surface area contributed by atoms with E-state index in [-0.39, 0.29) is 5.91 Å². The number of nitrogens with zero attached hydrogens (tertiary/aromatic N) is 2. The summed E-state index contributed by atoms with van der Waals surface area (Å²) >= 11 is 0. The van der Waals surface area contributed by atoms with Crippen molar-refractivity contribution in [2.75, 3.05) is 38.6 Å². The van der Waals surface area contributed by atoms with Crippen molar-refractivity contribution in [2.45, 2.75) is 19.3 Å². The van der Waals surface area contributed by atoms with Crippen LogP contribution < -0.4 is 10.6 Å². The van der Waals surface area contributed by atoms with Crippen LogP contribution >= 0.6 is 0 Å². The van der Waals surface area contributed by atoms with Crippen LogP contribution in [0.1, 0.15) is 17.5 Å². The van der Waals surface area contributed by atoms with Gasteiger partial charge in [0.2, 0.25) is 5.91 Å². The molecule has 1 aliphatic rings. The van der Waals surface area contributed by atoms with Gasteiger partial charge in [0.1, 0.15) is 0 Å². The maximum Gasteiger partial charge on any atom is 0.241 e. The van der Waals surface area contributed by atoms with Gasteiger partial charge >= 0.3 is 0 Å². The smallest absolute Gasteiger partial charge is 0.241 e. The molecule has 104 valence electrons. The third-order valence-electron chi connectivity index (χ3n) is 3.45. The van der Waals surface area contributed by atoms with Crippen molar-refractivity contribution in [3.63, 3.8) is 0 Å². The van der Waals surface area contributed by atoms with E-state index in [0.717, 1.165) is 31.5 Å². The summed E-state index contributed by atoms with van der Waals surface area (Å²) in [5.41, 5.74) is 9.23. The van der Waals surface area contributed by atoms with Gasteiger partial charge in [0.15, 0.2) is 0 Å². The Hall–Kier alpha value is -1.39. The average Bonchev–Trinajstić information content (AvgIpc) is 2.37. The highest BCUT2D eigenvalue weighted by molar-refractivity contribution is 5.96. The molecule has 2 rings (SSSR count). The van der Waals surface area contributed by atoms with Crippen LogP contribution in [-0.4, -0.2) is 44.5 Å². The zero-order valence-electron chi connectivity index (χ0n) is 11.9. The van der Waals surface area contributed by atoms with E-state index in [1.807, 2.05) is 23.9 Å². The summed E-state index contributed by atoms with van der Waals surface area (Å²) < 4.78 is 0. The lowest BCUT2D eigenvalue weighted by Gasteiger charge is -2.30. The molecule has 4 heteroatoms. The predicted octanol–water partition coefficient (Wildman–Crippen LogP) is 1.03. The fourth-order valence-electron chi connectivity index (χ4n) is 2.59. The van der Waals surface area contributed by atoms with Crippen molar-refractivity contribution in [1.82, 2.24) is 4.90 Å². The van der Waals surface area contributed by atoms with Gasteiger partial charge in [-0.15, -0.1) is 0 Å². The third-order valence-corrected chi connectivity index (χ3v) is 3.45. The molecule has 0 bridgehead atoms. The van der Waals surface area contributed by atoms with Crippen LogP contribution in [0.5, 0.6) is 0 Å². The van der Waals surface area contributed by atoms with E-state index in [2.05, 4.69) is 18.2 Å². The molecule has 0 aromatic heterocycles. The fraction of sp³-hybridized carbons (Fsp3) is 0.533. The summed E-state index contributed by atoms with van der Waals surface area (Å²) in [5.74, 6) is 0.178. The fourth-order valence-corrected chi connectivity index (χ4v) is 2.59. The van der Waals surface area contributed by atoms with Crippen molar-refractivity contribution < 1.29 is 4.79 Å². The zero-order valence-corrected chi connectivity index (χ0v) is 11.9. The molecular formula is C15H23N3O. The van der Waals surface area contributed by atoms with Crippen molar-refractivity contribution in [3.8, 4) is 0 Å². The third kappa shape index (κ3) is 3.33. The van der Waals surface area contributed by atoms with Crippen LogP contribution in [0.15, 0.2) is 18.2 Å². The average molecular weight is 261 g/mol. The molecule has 2 N–H and O–H groups in total. The minimum absolute atomic E-state index is 0.178. The summed E-state index contributed by atoms with van der Waals surface area (Å²) in [6, 6.07) is 6.37. The standard InChI is InChI=1S/C15H23N3O/c1-17(2)11-15(19)18-9-3-4-13-10-12(7-8-16)5-6-14(13)18/h5-6,10H,3-4,7-9,11,16H2,1-2H3. The molecule has 0 radical (unpaired) electrons. The van der Waals surface area contributed by atoms with Crippen molar-refractivity contribution >= 4 is 11.6 Å².